The molecule has 0 aliphatic carbocycles. The van der Waals surface area contributed by atoms with Gasteiger partial charge < -0.3 is 29.1 Å². The van der Waals surface area contributed by atoms with E-state index in [1.807, 2.05) is 19.0 Å². The number of ketones is 1. The van der Waals surface area contributed by atoms with Gasteiger partial charge in [0.15, 0.2) is 11.5 Å². The van der Waals surface area contributed by atoms with Gasteiger partial charge in [-0.1, -0.05) is 11.6 Å². The van der Waals surface area contributed by atoms with E-state index in [2.05, 4.69) is 0 Å². The summed E-state index contributed by atoms with van der Waals surface area (Å²) in [4.78, 5) is 29.5. The highest BCUT2D eigenvalue weighted by atomic mass is 35.5. The van der Waals surface area contributed by atoms with Gasteiger partial charge >= 0.3 is 0 Å². The lowest BCUT2D eigenvalue weighted by atomic mass is 9.94. The number of aliphatic hydroxyl groups is 1. The minimum atomic E-state index is -0.852. The second-order valence-corrected chi connectivity index (χ2v) is 8.20. The maximum atomic E-state index is 13.1. The number of benzene rings is 2. The van der Waals surface area contributed by atoms with Crippen LogP contribution in [-0.2, 0) is 9.59 Å². The molecule has 0 spiro atoms. The third-order valence-electron chi connectivity index (χ3n) is 5.45. The fourth-order valence-electron chi connectivity index (χ4n) is 3.79. The normalized spacial score (nSPS) is 17.5. The van der Waals surface area contributed by atoms with Gasteiger partial charge in [0, 0.05) is 23.7 Å². The number of hydrogen-bond donors (Lipinski definition) is 1. The molecule has 0 saturated carbocycles. The van der Waals surface area contributed by atoms with Crippen molar-refractivity contribution in [1.82, 2.24) is 9.80 Å². The molecule has 1 fully saturated rings. The van der Waals surface area contributed by atoms with Crippen molar-refractivity contribution in [2.24, 2.45) is 0 Å². The Morgan fingerprint density at radius 1 is 1.03 bits per heavy atom. The SMILES string of the molecule is COc1cc(C2/C(=C(\O)c3ccc(Cl)cc3)C(=O)C(=O)N2CCN(C)C)cc(OC)c1OC. The van der Waals surface area contributed by atoms with Crippen molar-refractivity contribution in [3.63, 3.8) is 0 Å². The molecule has 3 rings (SSSR count). The average Bonchev–Trinajstić information content (AvgIpc) is 3.06. The van der Waals surface area contributed by atoms with Gasteiger partial charge in [0.2, 0.25) is 5.75 Å². The number of nitrogens with zero attached hydrogens (tertiary/aromatic N) is 2. The molecule has 1 saturated heterocycles. The number of amides is 1. The highest BCUT2D eigenvalue weighted by Gasteiger charge is 2.46. The third-order valence-corrected chi connectivity index (χ3v) is 5.70. The minimum absolute atomic E-state index is 0.0182. The lowest BCUT2D eigenvalue weighted by Gasteiger charge is -2.27. The van der Waals surface area contributed by atoms with E-state index in [0.29, 0.717) is 39.9 Å². The van der Waals surface area contributed by atoms with Gasteiger partial charge in [-0.2, -0.15) is 0 Å². The van der Waals surface area contributed by atoms with E-state index in [-0.39, 0.29) is 17.9 Å². The Balaban J connectivity index is 2.25. The molecular formula is C24H27ClN2O6. The van der Waals surface area contributed by atoms with Crippen molar-refractivity contribution in [1.29, 1.82) is 0 Å². The van der Waals surface area contributed by atoms with Crippen LogP contribution < -0.4 is 14.2 Å². The summed E-state index contributed by atoms with van der Waals surface area (Å²) in [6, 6.07) is 8.90. The van der Waals surface area contributed by atoms with Gasteiger partial charge in [-0.25, -0.2) is 0 Å². The molecule has 1 aliphatic heterocycles. The molecule has 1 amide bonds. The Morgan fingerprint density at radius 3 is 2.09 bits per heavy atom. The number of hydrogen-bond acceptors (Lipinski definition) is 7. The van der Waals surface area contributed by atoms with E-state index in [1.54, 1.807) is 36.4 Å². The van der Waals surface area contributed by atoms with E-state index in [4.69, 9.17) is 25.8 Å². The molecule has 1 unspecified atom stereocenters. The third kappa shape index (κ3) is 4.77. The lowest BCUT2D eigenvalue weighted by molar-refractivity contribution is -0.140. The van der Waals surface area contributed by atoms with E-state index < -0.39 is 17.7 Å². The molecule has 0 radical (unpaired) electrons. The average molecular weight is 475 g/mol. The molecule has 176 valence electrons. The maximum absolute atomic E-state index is 13.1. The lowest BCUT2D eigenvalue weighted by Crippen LogP contribution is -2.35. The largest absolute Gasteiger partial charge is 0.507 e. The molecule has 1 aliphatic rings. The second kappa shape index (κ2) is 10.1. The van der Waals surface area contributed by atoms with Crippen molar-refractivity contribution >= 4 is 29.1 Å². The Kier molecular flexibility index (Phi) is 7.50. The summed E-state index contributed by atoms with van der Waals surface area (Å²) >= 11 is 5.97. The number of ether oxygens (including phenoxy) is 3. The van der Waals surface area contributed by atoms with Gasteiger partial charge in [0.25, 0.3) is 11.7 Å². The first-order valence-electron chi connectivity index (χ1n) is 10.2. The topological polar surface area (TPSA) is 88.5 Å². The quantitative estimate of drug-likeness (QED) is 0.356. The zero-order chi connectivity index (χ0) is 24.3. The Hall–Kier alpha value is -3.23. The number of aliphatic hydroxyl groups excluding tert-OH is 1. The molecular weight excluding hydrogens is 448 g/mol. The molecule has 0 aromatic heterocycles. The summed E-state index contributed by atoms with van der Waals surface area (Å²) in [5.74, 6) is -0.609. The summed E-state index contributed by atoms with van der Waals surface area (Å²) in [6.07, 6.45) is 0. The van der Waals surface area contributed by atoms with E-state index in [1.165, 1.54) is 26.2 Å². The van der Waals surface area contributed by atoms with Crippen molar-refractivity contribution in [3.8, 4) is 17.2 Å². The van der Waals surface area contributed by atoms with Gasteiger partial charge in [0.1, 0.15) is 5.76 Å². The molecule has 1 atom stereocenters. The number of methoxy groups -OCH3 is 3. The van der Waals surface area contributed by atoms with Crippen LogP contribution in [0.4, 0.5) is 0 Å². The predicted octanol–water partition coefficient (Wildman–Crippen LogP) is 3.35. The first kappa shape index (κ1) is 24.4. The number of likely N-dealkylation sites (tertiary alicyclic amines) is 1. The van der Waals surface area contributed by atoms with Gasteiger partial charge in [-0.05, 0) is 56.1 Å². The first-order chi connectivity index (χ1) is 15.7. The van der Waals surface area contributed by atoms with Crippen LogP contribution in [0.25, 0.3) is 5.76 Å². The molecule has 1 N–H and O–H groups in total. The van der Waals surface area contributed by atoms with E-state index in [0.717, 1.165) is 0 Å². The molecule has 8 nitrogen and oxygen atoms in total. The Bertz CT molecular complexity index is 1060. The highest BCUT2D eigenvalue weighted by molar-refractivity contribution is 6.46. The minimum Gasteiger partial charge on any atom is -0.507 e. The van der Waals surface area contributed by atoms with Crippen molar-refractivity contribution in [3.05, 3.63) is 58.1 Å². The summed E-state index contributed by atoms with van der Waals surface area (Å²) in [5.41, 5.74) is 0.899. The van der Waals surface area contributed by atoms with Crippen molar-refractivity contribution < 1.29 is 28.9 Å². The second-order valence-electron chi connectivity index (χ2n) is 7.76. The summed E-state index contributed by atoms with van der Waals surface area (Å²) < 4.78 is 16.3. The van der Waals surface area contributed by atoms with Crippen LogP contribution in [0.15, 0.2) is 42.0 Å². The predicted molar refractivity (Wildman–Crippen MR) is 125 cm³/mol. The Labute approximate surface area is 197 Å². The number of carbonyl (C=O) groups is 2. The van der Waals surface area contributed by atoms with Crippen LogP contribution in [-0.4, -0.2) is 75.1 Å². The summed E-state index contributed by atoms with van der Waals surface area (Å²) in [7, 11) is 8.21. The van der Waals surface area contributed by atoms with Gasteiger partial charge in [-0.15, -0.1) is 0 Å². The monoisotopic (exact) mass is 474 g/mol. The fourth-order valence-corrected chi connectivity index (χ4v) is 3.91. The number of likely N-dealkylation sites (N-methyl/N-ethyl adjacent to an activating group) is 1. The van der Waals surface area contributed by atoms with E-state index in [9.17, 15) is 14.7 Å². The molecule has 2 aromatic rings. The summed E-state index contributed by atoms with van der Waals surface area (Å²) in [5, 5.41) is 11.6. The standard InChI is InChI=1S/C24H27ClN2O6/c1-26(2)10-11-27-20(15-12-17(31-3)23(33-5)18(13-15)32-4)19(22(29)24(27)30)21(28)14-6-8-16(25)9-7-14/h6-9,12-13,20,28H,10-11H2,1-5H3/b21-19+. The molecule has 2 aromatic carbocycles. The molecule has 9 heteroatoms. The van der Waals surface area contributed by atoms with Gasteiger partial charge in [-0.3, -0.25) is 9.59 Å². The zero-order valence-electron chi connectivity index (χ0n) is 19.2. The van der Waals surface area contributed by atoms with Crippen molar-refractivity contribution in [2.75, 3.05) is 48.5 Å². The molecule has 1 heterocycles. The van der Waals surface area contributed by atoms with Gasteiger partial charge in [0.05, 0.1) is 32.9 Å². The number of Topliss-reactive ketones (excluding diaryl/α,β-unsaturated/α-hetero) is 1. The maximum Gasteiger partial charge on any atom is 0.295 e. The number of rotatable bonds is 8. The number of carbonyl (C=O) groups excluding carboxylic acids is 2. The van der Waals surface area contributed by atoms with Crippen LogP contribution >= 0.6 is 11.6 Å². The first-order valence-corrected chi connectivity index (χ1v) is 10.6. The smallest absolute Gasteiger partial charge is 0.295 e. The summed E-state index contributed by atoms with van der Waals surface area (Å²) in [6.45, 7) is 0.797. The highest BCUT2D eigenvalue weighted by Crippen LogP contribution is 2.45. The van der Waals surface area contributed by atoms with Crippen LogP contribution in [0.3, 0.4) is 0 Å². The number of halogens is 1. The van der Waals surface area contributed by atoms with Crippen LogP contribution in [0.5, 0.6) is 17.2 Å². The van der Waals surface area contributed by atoms with E-state index >= 15 is 0 Å². The molecule has 0 bridgehead atoms. The van der Waals surface area contributed by atoms with Crippen LogP contribution in [0, 0.1) is 0 Å². The molecule has 33 heavy (non-hydrogen) atoms. The van der Waals surface area contributed by atoms with Crippen LogP contribution in [0.1, 0.15) is 17.2 Å². The van der Waals surface area contributed by atoms with Crippen molar-refractivity contribution in [2.45, 2.75) is 6.04 Å². The zero-order valence-corrected chi connectivity index (χ0v) is 20.0. The fraction of sp³-hybridized carbons (Fsp3) is 0.333. The van der Waals surface area contributed by atoms with Crippen LogP contribution in [0.2, 0.25) is 5.02 Å². The Morgan fingerprint density at radius 2 is 1.61 bits per heavy atom.